The van der Waals surface area contributed by atoms with Gasteiger partial charge in [-0.15, -0.1) is 0 Å². The summed E-state index contributed by atoms with van der Waals surface area (Å²) in [7, 11) is 0. The van der Waals surface area contributed by atoms with Crippen LogP contribution in [0.2, 0.25) is 0 Å². The molecule has 538 valence electrons. The van der Waals surface area contributed by atoms with Crippen molar-refractivity contribution < 1.29 is 57.1 Å². The molecule has 92 heavy (non-hydrogen) atoms. The number of unbranched alkanes of at least 4 members (excludes halogenated alkanes) is 31. The Bertz CT molecular complexity index is 1670. The fraction of sp³-hybridized carbons (Fsp3) is 0.812. The molecule has 12 nitrogen and oxygen atoms in total. The van der Waals surface area contributed by atoms with Gasteiger partial charge in [-0.25, -0.2) is 24.0 Å². The monoisotopic (exact) mass is 1300 g/mol. The van der Waals surface area contributed by atoms with Crippen LogP contribution in [0.4, 0.5) is 0 Å². The molecule has 0 radical (unpaired) electrons. The molecule has 2 fully saturated rings. The maximum absolute atomic E-state index is 11.0. The molecule has 2 aliphatic rings. The van der Waals surface area contributed by atoms with Gasteiger partial charge in [0.15, 0.2) is 0 Å². The lowest BCUT2D eigenvalue weighted by Crippen LogP contribution is -2.22. The molecule has 0 aliphatic heterocycles. The van der Waals surface area contributed by atoms with E-state index >= 15 is 0 Å². The van der Waals surface area contributed by atoms with Gasteiger partial charge >= 0.3 is 29.8 Å². The van der Waals surface area contributed by atoms with E-state index in [-0.39, 0.29) is 29.8 Å². The molecule has 0 spiro atoms. The summed E-state index contributed by atoms with van der Waals surface area (Å²) in [5.41, 5.74) is 0. The summed E-state index contributed by atoms with van der Waals surface area (Å²) in [4.78, 5) is 54.1. The zero-order valence-electron chi connectivity index (χ0n) is 60.7. The van der Waals surface area contributed by atoms with Gasteiger partial charge in [0, 0.05) is 56.8 Å². The van der Waals surface area contributed by atoms with E-state index in [0.717, 1.165) is 96.6 Å². The standard InChI is InChI=1S/C21H40O2.C17H30O3.C16H28O3.C15H28O2.C11H20O2/c1-3-5-6-7-8-9-10-11-12-13-14-15-16-17-18-19-20-23-21(22)4-2;1-3-5-6-7-12-19-13-15-8-10-16(11-9-15)14-20-17(18)4-2;1-2-16(17)19-13-9-4-3-8-12-18-14-15-10-6-5-7-11-15;1-3-5-6-7-8-9-10-11-12-13-14-17-15(16)4-2;1-4-7-8-10(5-2)9-13-11(12)6-3/h4H,2-3,5-20H2,1H3;4,15-16H,2-3,5-14H2,1H3;2,15H,1,3-14H2;4H,2-3,5-14H2,1H3;6,10H,3-5,7-9H2,1-2H3. The third-order valence-corrected chi connectivity index (χ3v) is 17.3. The Kier molecular flexibility index (Phi) is 77.8. The number of esters is 5. The minimum absolute atomic E-state index is 0.300. The fourth-order valence-electron chi connectivity index (χ4n) is 11.1. The highest BCUT2D eigenvalue weighted by atomic mass is 16.5. The van der Waals surface area contributed by atoms with Gasteiger partial charge in [-0.05, 0) is 107 Å². The van der Waals surface area contributed by atoms with Gasteiger partial charge in [0.05, 0.1) is 33.0 Å². The van der Waals surface area contributed by atoms with Gasteiger partial charge in [-0.2, -0.15) is 0 Å². The highest BCUT2D eigenvalue weighted by molar-refractivity contribution is 5.82. The first-order valence-corrected chi connectivity index (χ1v) is 38.1. The van der Waals surface area contributed by atoms with Crippen LogP contribution in [-0.4, -0.2) is 89.3 Å². The van der Waals surface area contributed by atoms with Crippen molar-refractivity contribution in [3.05, 3.63) is 63.3 Å². The molecule has 0 heterocycles. The van der Waals surface area contributed by atoms with E-state index in [1.54, 1.807) is 0 Å². The largest absolute Gasteiger partial charge is 0.463 e. The molecule has 0 saturated heterocycles. The second kappa shape index (κ2) is 77.7. The Morgan fingerprint density at radius 2 is 0.565 bits per heavy atom. The van der Waals surface area contributed by atoms with Crippen molar-refractivity contribution in [2.24, 2.45) is 23.7 Å². The molecule has 12 heteroatoms. The number of rotatable bonds is 57. The van der Waals surface area contributed by atoms with Gasteiger partial charge in [0.1, 0.15) is 0 Å². The van der Waals surface area contributed by atoms with E-state index in [4.69, 9.17) is 33.2 Å². The zero-order chi connectivity index (χ0) is 68.3. The van der Waals surface area contributed by atoms with Crippen LogP contribution in [-0.2, 0) is 57.1 Å². The summed E-state index contributed by atoms with van der Waals surface area (Å²) < 4.78 is 36.4. The van der Waals surface area contributed by atoms with Crippen LogP contribution in [0.1, 0.15) is 336 Å². The van der Waals surface area contributed by atoms with Crippen LogP contribution in [0.3, 0.4) is 0 Å². The zero-order valence-corrected chi connectivity index (χ0v) is 60.7. The van der Waals surface area contributed by atoms with Crippen LogP contribution in [0.25, 0.3) is 0 Å². The number of carbonyl (C=O) groups excluding carboxylic acids is 5. The first kappa shape index (κ1) is 92.2. The van der Waals surface area contributed by atoms with E-state index in [0.29, 0.717) is 50.8 Å². The van der Waals surface area contributed by atoms with Crippen LogP contribution in [0, 0.1) is 23.7 Å². The minimum atomic E-state index is -0.323. The van der Waals surface area contributed by atoms with Crippen molar-refractivity contribution in [1.82, 2.24) is 0 Å². The molecule has 0 bridgehead atoms. The lowest BCUT2D eigenvalue weighted by molar-refractivity contribution is -0.140. The smallest absolute Gasteiger partial charge is 0.330 e. The van der Waals surface area contributed by atoms with Crippen LogP contribution >= 0.6 is 0 Å². The molecule has 0 N–H and O–H groups in total. The summed E-state index contributed by atoms with van der Waals surface area (Å²) in [5.74, 6) is 1.02. The second-order valence-corrected chi connectivity index (χ2v) is 25.7. The Morgan fingerprint density at radius 3 is 0.880 bits per heavy atom. The van der Waals surface area contributed by atoms with Crippen LogP contribution < -0.4 is 0 Å². The average Bonchev–Trinajstić information content (AvgIpc) is 3.71. The normalized spacial score (nSPS) is 14.5. The first-order chi connectivity index (χ1) is 44.9. The van der Waals surface area contributed by atoms with E-state index in [1.807, 2.05) is 0 Å². The van der Waals surface area contributed by atoms with E-state index in [9.17, 15) is 24.0 Å². The lowest BCUT2D eigenvalue weighted by Gasteiger charge is -2.27. The molecule has 1 atom stereocenters. The van der Waals surface area contributed by atoms with Crippen molar-refractivity contribution >= 4 is 29.8 Å². The van der Waals surface area contributed by atoms with Crippen LogP contribution in [0.5, 0.6) is 0 Å². The Hall–Kier alpha value is -4.03. The summed E-state index contributed by atoms with van der Waals surface area (Å²) in [6, 6.07) is 0. The lowest BCUT2D eigenvalue weighted by atomic mass is 9.83. The first-order valence-electron chi connectivity index (χ1n) is 38.1. The van der Waals surface area contributed by atoms with Crippen molar-refractivity contribution in [3.8, 4) is 0 Å². The summed E-state index contributed by atoms with van der Waals surface area (Å²) in [5, 5.41) is 0. The number of ether oxygens (including phenoxy) is 7. The molecule has 0 aromatic rings. The maximum Gasteiger partial charge on any atom is 0.330 e. The molecular formula is C80H146O12. The molecule has 2 aliphatic carbocycles. The third kappa shape index (κ3) is 73.4. The molecule has 0 amide bonds. The van der Waals surface area contributed by atoms with Crippen LogP contribution in [0.15, 0.2) is 63.3 Å². The highest BCUT2D eigenvalue weighted by Crippen LogP contribution is 2.29. The Labute approximate surface area is 567 Å². The summed E-state index contributed by atoms with van der Waals surface area (Å²) in [6.07, 6.45) is 66.4. The molecule has 2 rings (SSSR count). The highest BCUT2D eigenvalue weighted by Gasteiger charge is 2.22. The third-order valence-electron chi connectivity index (χ3n) is 17.3. The van der Waals surface area contributed by atoms with Gasteiger partial charge in [-0.1, -0.05) is 286 Å². The average molecular weight is 1300 g/mol. The number of hydrogen-bond donors (Lipinski definition) is 0. The topological polar surface area (TPSA) is 150 Å². The molecular weight excluding hydrogens is 1150 g/mol. The van der Waals surface area contributed by atoms with Gasteiger partial charge in [-0.3, -0.25) is 0 Å². The Morgan fingerprint density at radius 1 is 0.304 bits per heavy atom. The van der Waals surface area contributed by atoms with E-state index in [2.05, 4.69) is 67.5 Å². The predicted molar refractivity (Wildman–Crippen MR) is 387 cm³/mol. The number of hydrogen-bond acceptors (Lipinski definition) is 12. The minimum Gasteiger partial charge on any atom is -0.463 e. The van der Waals surface area contributed by atoms with E-state index < -0.39 is 0 Å². The number of carbonyl (C=O) groups is 5. The molecule has 2 saturated carbocycles. The maximum atomic E-state index is 11.0. The van der Waals surface area contributed by atoms with Gasteiger partial charge in [0.25, 0.3) is 0 Å². The fourth-order valence-corrected chi connectivity index (χ4v) is 11.1. The molecule has 1 unspecified atom stereocenters. The van der Waals surface area contributed by atoms with Gasteiger partial charge in [0.2, 0.25) is 0 Å². The predicted octanol–water partition coefficient (Wildman–Crippen LogP) is 22.5. The van der Waals surface area contributed by atoms with Crippen molar-refractivity contribution in [3.63, 3.8) is 0 Å². The van der Waals surface area contributed by atoms with Crippen molar-refractivity contribution in [2.45, 2.75) is 336 Å². The van der Waals surface area contributed by atoms with Crippen molar-refractivity contribution in [1.29, 1.82) is 0 Å². The summed E-state index contributed by atoms with van der Waals surface area (Å²) in [6.45, 7) is 34.2. The molecule has 0 aromatic heterocycles. The summed E-state index contributed by atoms with van der Waals surface area (Å²) >= 11 is 0. The SMILES string of the molecule is C=CC(=O)OCC(CC)CCCC.C=CC(=O)OCC1CCC(COCCCCCC)CC1.C=CC(=O)OCCCCCCCCCCCC.C=CC(=O)OCCCCCCCCCCCCCCCCCC.C=CC(=O)OCCCCCCOCC1CCCCC1. The quantitative estimate of drug-likeness (QED) is 0.0247. The Balaban J connectivity index is -0.00000109. The molecule has 0 aromatic carbocycles. The second-order valence-electron chi connectivity index (χ2n) is 25.7. The van der Waals surface area contributed by atoms with E-state index in [1.165, 1.54) is 268 Å². The van der Waals surface area contributed by atoms with Crippen molar-refractivity contribution in [2.75, 3.05) is 59.5 Å². The van der Waals surface area contributed by atoms with Gasteiger partial charge < -0.3 is 33.2 Å².